The molecule has 0 fully saturated rings. The Balaban J connectivity index is 2.95. The molecule has 0 aliphatic carbocycles. The van der Waals surface area contributed by atoms with Gasteiger partial charge in [-0.1, -0.05) is 0 Å². The summed E-state index contributed by atoms with van der Waals surface area (Å²) in [5, 5.41) is 19.3. The molecule has 0 spiro atoms. The Bertz CT molecular complexity index is 39.0. The number of hydrogen-bond acceptors (Lipinski definition) is 3. The fourth-order valence-electron chi connectivity index (χ4n) is 0.349. The van der Waals surface area contributed by atoms with Crippen molar-refractivity contribution in [1.29, 1.82) is 0 Å². The molecule has 0 aromatic heterocycles. The van der Waals surface area contributed by atoms with Gasteiger partial charge in [0.2, 0.25) is 0 Å². The van der Waals surface area contributed by atoms with Crippen LogP contribution in [0.25, 0.3) is 0 Å². The van der Waals surface area contributed by atoms with Gasteiger partial charge in [0.05, 0.1) is 0 Å². The molecule has 3 N–H and O–H groups in total. The molecule has 0 saturated carbocycles. The third kappa shape index (κ3) is 5.88. The molecule has 0 bridgehead atoms. The summed E-state index contributed by atoms with van der Waals surface area (Å²) in [6.45, 7) is 3.10. The molecule has 3 nitrogen and oxygen atoms in total. The van der Waals surface area contributed by atoms with Gasteiger partial charge in [-0.15, -0.1) is 0 Å². The summed E-state index contributed by atoms with van der Waals surface area (Å²) >= 11 is 0. The number of nitrogens with one attached hydrogen (secondary N) is 1. The van der Waals surface area contributed by atoms with E-state index in [-0.39, 0.29) is 0 Å². The van der Waals surface area contributed by atoms with E-state index >= 15 is 0 Å². The average Bonchev–Trinajstić information content (AvgIpc) is 1.27. The Hall–Kier alpha value is -0.120. The predicted molar refractivity (Wildman–Crippen MR) is 26.5 cm³/mol. The van der Waals surface area contributed by atoms with Crippen molar-refractivity contribution in [2.45, 2.75) is 26.3 Å². The highest BCUT2D eigenvalue weighted by atomic mass is 16.3. The second kappa shape index (κ2) is 2.96. The van der Waals surface area contributed by atoms with Crippen LogP contribution in [0, 0.1) is 0 Å². The minimum absolute atomic E-state index is 0.625. The molecule has 0 aliphatic rings. The van der Waals surface area contributed by atoms with Gasteiger partial charge in [-0.05, 0) is 13.8 Å². The maximum atomic E-state index is 8.45. The fraction of sp³-hybridized carbons (Fsp3) is 1.00. The number of aliphatic hydroxyl groups excluding tert-OH is 2. The van der Waals surface area contributed by atoms with E-state index in [1.165, 1.54) is 0 Å². The van der Waals surface area contributed by atoms with Crippen molar-refractivity contribution in [1.82, 2.24) is 5.32 Å². The van der Waals surface area contributed by atoms with Crippen molar-refractivity contribution in [3.05, 3.63) is 0 Å². The molecule has 0 unspecified atom stereocenters. The fourth-order valence-corrected chi connectivity index (χ4v) is 0.349. The zero-order chi connectivity index (χ0) is 5.86. The van der Waals surface area contributed by atoms with Gasteiger partial charge >= 0.3 is 0 Å². The molecule has 0 rings (SSSR count). The standard InChI is InChI=1S/C4H11NO2/c1-3(6)5-4(2)7/h3-7H,1-2H3/t3-,4-/m0/s1. The lowest BCUT2D eigenvalue weighted by atomic mass is 10.6. The molecule has 0 saturated heterocycles. The van der Waals surface area contributed by atoms with Crippen molar-refractivity contribution in [2.75, 3.05) is 0 Å². The van der Waals surface area contributed by atoms with Crippen LogP contribution in [-0.2, 0) is 0 Å². The Morgan fingerprint density at radius 3 is 1.43 bits per heavy atom. The van der Waals surface area contributed by atoms with Crippen LogP contribution in [0.2, 0.25) is 0 Å². The first kappa shape index (κ1) is 6.88. The van der Waals surface area contributed by atoms with Crippen LogP contribution in [0.4, 0.5) is 0 Å². The largest absolute Gasteiger partial charge is 0.379 e. The van der Waals surface area contributed by atoms with Gasteiger partial charge in [0.15, 0.2) is 0 Å². The van der Waals surface area contributed by atoms with E-state index in [9.17, 15) is 0 Å². The van der Waals surface area contributed by atoms with Crippen LogP contribution < -0.4 is 5.32 Å². The van der Waals surface area contributed by atoms with Gasteiger partial charge in [-0.3, -0.25) is 5.32 Å². The molecule has 0 aromatic rings. The topological polar surface area (TPSA) is 52.5 Å². The molecular formula is C4H11NO2. The summed E-state index contributed by atoms with van der Waals surface area (Å²) in [6, 6.07) is 0. The number of aliphatic hydroxyl groups is 2. The normalized spacial score (nSPS) is 18.9. The van der Waals surface area contributed by atoms with Gasteiger partial charge in [-0.2, -0.15) is 0 Å². The second-order valence-corrected chi connectivity index (χ2v) is 1.52. The quantitative estimate of drug-likeness (QED) is 0.405. The van der Waals surface area contributed by atoms with Crippen LogP contribution in [0.3, 0.4) is 0 Å². The Morgan fingerprint density at radius 1 is 1.14 bits per heavy atom. The van der Waals surface area contributed by atoms with Crippen molar-refractivity contribution < 1.29 is 10.2 Å². The molecule has 0 aliphatic heterocycles. The monoisotopic (exact) mass is 105 g/mol. The summed E-state index contributed by atoms with van der Waals surface area (Å²) in [4.78, 5) is 0. The zero-order valence-corrected chi connectivity index (χ0v) is 4.55. The van der Waals surface area contributed by atoms with Crippen LogP contribution in [0.5, 0.6) is 0 Å². The van der Waals surface area contributed by atoms with Gasteiger partial charge < -0.3 is 10.2 Å². The Kier molecular flexibility index (Phi) is 2.91. The summed E-state index contributed by atoms with van der Waals surface area (Å²) < 4.78 is 0. The molecule has 2 atom stereocenters. The second-order valence-electron chi connectivity index (χ2n) is 1.52. The first-order chi connectivity index (χ1) is 3.13. The van der Waals surface area contributed by atoms with Gasteiger partial charge in [0.1, 0.15) is 12.5 Å². The minimum Gasteiger partial charge on any atom is -0.379 e. The third-order valence-corrected chi connectivity index (χ3v) is 0.482. The third-order valence-electron chi connectivity index (χ3n) is 0.482. The van der Waals surface area contributed by atoms with Crippen molar-refractivity contribution in [3.63, 3.8) is 0 Å². The molecule has 7 heavy (non-hydrogen) atoms. The molecule has 0 aromatic carbocycles. The molecule has 44 valence electrons. The lowest BCUT2D eigenvalue weighted by molar-refractivity contribution is 0.0632. The van der Waals surface area contributed by atoms with Crippen molar-refractivity contribution in [2.24, 2.45) is 0 Å². The maximum Gasteiger partial charge on any atom is 0.103 e. The van der Waals surface area contributed by atoms with E-state index in [2.05, 4.69) is 5.32 Å². The summed E-state index contributed by atoms with van der Waals surface area (Å²) in [6.07, 6.45) is -1.25. The first-order valence-electron chi connectivity index (χ1n) is 2.25. The SMILES string of the molecule is C[C@H](O)N[C@H](C)O. The molecule has 0 radical (unpaired) electrons. The maximum absolute atomic E-state index is 8.45. The van der Waals surface area contributed by atoms with Crippen molar-refractivity contribution >= 4 is 0 Å². The first-order valence-corrected chi connectivity index (χ1v) is 2.25. The number of rotatable bonds is 2. The average molecular weight is 105 g/mol. The predicted octanol–water partition coefficient (Wildman–Crippen LogP) is -0.747. The van der Waals surface area contributed by atoms with Gasteiger partial charge in [-0.25, -0.2) is 0 Å². The highest BCUT2D eigenvalue weighted by Crippen LogP contribution is 1.74. The minimum atomic E-state index is -0.625. The van der Waals surface area contributed by atoms with Gasteiger partial charge in [0, 0.05) is 0 Å². The van der Waals surface area contributed by atoms with Crippen LogP contribution >= 0.6 is 0 Å². The van der Waals surface area contributed by atoms with Gasteiger partial charge in [0.25, 0.3) is 0 Å². The molecule has 3 heteroatoms. The smallest absolute Gasteiger partial charge is 0.103 e. The Labute approximate surface area is 43.0 Å². The molecular weight excluding hydrogens is 94.0 g/mol. The van der Waals surface area contributed by atoms with Crippen LogP contribution in [0.1, 0.15) is 13.8 Å². The van der Waals surface area contributed by atoms with E-state index < -0.39 is 12.5 Å². The van der Waals surface area contributed by atoms with E-state index in [0.29, 0.717) is 0 Å². The summed E-state index contributed by atoms with van der Waals surface area (Å²) in [5.74, 6) is 0. The van der Waals surface area contributed by atoms with E-state index in [1.54, 1.807) is 13.8 Å². The van der Waals surface area contributed by atoms with Crippen molar-refractivity contribution in [3.8, 4) is 0 Å². The van der Waals surface area contributed by atoms with Crippen LogP contribution in [-0.4, -0.2) is 22.7 Å². The molecule has 0 amide bonds. The van der Waals surface area contributed by atoms with E-state index in [1.807, 2.05) is 0 Å². The number of hydrogen-bond donors (Lipinski definition) is 3. The lowest BCUT2D eigenvalue weighted by Crippen LogP contribution is -2.33. The lowest BCUT2D eigenvalue weighted by Gasteiger charge is -2.08. The zero-order valence-electron chi connectivity index (χ0n) is 4.55. The highest BCUT2D eigenvalue weighted by molar-refractivity contribution is 4.42. The van der Waals surface area contributed by atoms with E-state index in [0.717, 1.165) is 0 Å². The summed E-state index contributed by atoms with van der Waals surface area (Å²) in [7, 11) is 0. The Morgan fingerprint density at radius 2 is 1.43 bits per heavy atom. The highest BCUT2D eigenvalue weighted by Gasteiger charge is 1.95. The summed E-state index contributed by atoms with van der Waals surface area (Å²) in [5.41, 5.74) is 0. The van der Waals surface area contributed by atoms with E-state index in [4.69, 9.17) is 10.2 Å². The molecule has 0 heterocycles. The van der Waals surface area contributed by atoms with Crippen LogP contribution in [0.15, 0.2) is 0 Å².